The van der Waals surface area contributed by atoms with Crippen LogP contribution in [-0.2, 0) is 37.9 Å². The van der Waals surface area contributed by atoms with E-state index < -0.39 is 27.6 Å². The Morgan fingerprint density at radius 3 is 2.29 bits per heavy atom. The van der Waals surface area contributed by atoms with Crippen molar-refractivity contribution in [2.24, 2.45) is 14.1 Å². The van der Waals surface area contributed by atoms with Gasteiger partial charge in [0.1, 0.15) is 0 Å². The molecule has 0 aliphatic rings. The molecule has 0 aliphatic heterocycles. The molecule has 11 heteroatoms. The van der Waals surface area contributed by atoms with Gasteiger partial charge in [-0.3, -0.25) is 27.5 Å². The highest BCUT2D eigenvalue weighted by atomic mass is 32.2. The van der Waals surface area contributed by atoms with E-state index in [-0.39, 0.29) is 41.4 Å². The molecule has 0 bridgehead atoms. The molecule has 0 saturated carbocycles. The lowest BCUT2D eigenvalue weighted by atomic mass is 10.1. The van der Waals surface area contributed by atoms with Crippen molar-refractivity contribution >= 4 is 27.7 Å². The van der Waals surface area contributed by atoms with Crippen molar-refractivity contribution < 1.29 is 9.32 Å². The third-order valence-electron chi connectivity index (χ3n) is 5.78. The lowest BCUT2D eigenvalue weighted by molar-refractivity contribution is 0.413. The maximum absolute atomic E-state index is 13.5. The Bertz CT molecular complexity index is 1680. The van der Waals surface area contributed by atoms with Crippen LogP contribution in [0.1, 0.15) is 25.0 Å². The molecule has 0 spiro atoms. The summed E-state index contributed by atoms with van der Waals surface area (Å²) in [5.41, 5.74) is 0.0498. The van der Waals surface area contributed by atoms with E-state index in [1.807, 2.05) is 19.9 Å². The highest BCUT2D eigenvalue weighted by Gasteiger charge is 2.24. The van der Waals surface area contributed by atoms with Gasteiger partial charge in [0.2, 0.25) is 11.7 Å². The van der Waals surface area contributed by atoms with Gasteiger partial charge < -0.3 is 5.11 Å². The Kier molecular flexibility index (Phi) is 5.90. The fraction of sp³-hybridized carbons (Fsp3) is 0.304. The molecule has 0 fully saturated rings. The van der Waals surface area contributed by atoms with Gasteiger partial charge in [0.15, 0.2) is 11.2 Å². The van der Waals surface area contributed by atoms with E-state index in [9.17, 15) is 23.7 Å². The van der Waals surface area contributed by atoms with Crippen LogP contribution < -0.4 is 16.8 Å². The zero-order valence-corrected chi connectivity index (χ0v) is 20.3. The summed E-state index contributed by atoms with van der Waals surface area (Å²) in [5, 5.41) is 11.1. The predicted octanol–water partition coefficient (Wildman–Crippen LogP) is 1.05. The number of hydrogen-bond acceptors (Lipinski definition) is 6. The summed E-state index contributed by atoms with van der Waals surface area (Å²) in [5.74, 6) is -0.227. The van der Waals surface area contributed by atoms with Gasteiger partial charge in [-0.25, -0.2) is 9.20 Å². The maximum atomic E-state index is 13.5. The molecule has 0 radical (unpaired) electrons. The topological polar surface area (TPSA) is 121 Å². The van der Waals surface area contributed by atoms with Crippen LogP contribution in [0.2, 0.25) is 0 Å². The van der Waals surface area contributed by atoms with Crippen LogP contribution in [0.5, 0.6) is 5.88 Å². The first-order valence-electron chi connectivity index (χ1n) is 10.5. The molecule has 1 unspecified atom stereocenters. The van der Waals surface area contributed by atoms with E-state index in [1.54, 1.807) is 30.5 Å². The van der Waals surface area contributed by atoms with Gasteiger partial charge in [-0.05, 0) is 31.5 Å². The molecular weight excluding hydrogens is 458 g/mol. The third kappa shape index (κ3) is 3.71. The second-order valence-corrected chi connectivity index (χ2v) is 9.78. The van der Waals surface area contributed by atoms with Crippen molar-refractivity contribution in [1.82, 2.24) is 23.1 Å². The summed E-state index contributed by atoms with van der Waals surface area (Å²) >= 11 is 0. The summed E-state index contributed by atoms with van der Waals surface area (Å²) in [6.07, 6.45) is 3.55. The van der Waals surface area contributed by atoms with Crippen LogP contribution in [0.3, 0.4) is 0 Å². The van der Waals surface area contributed by atoms with Gasteiger partial charge in [0.05, 0.1) is 12.1 Å². The molecule has 0 saturated heterocycles. The minimum Gasteiger partial charge on any atom is -0.494 e. The van der Waals surface area contributed by atoms with Crippen LogP contribution in [0, 0.1) is 0 Å². The first kappa shape index (κ1) is 23.4. The van der Waals surface area contributed by atoms with Gasteiger partial charge in [0.25, 0.3) is 11.1 Å². The number of fused-ring (bicyclic) bond motifs is 3. The van der Waals surface area contributed by atoms with Gasteiger partial charge in [-0.15, -0.1) is 0 Å². The highest BCUT2D eigenvalue weighted by Crippen LogP contribution is 2.22. The number of benzene rings is 1. The number of aromatic hydroxyl groups is 1. The maximum Gasteiger partial charge on any atom is 0.332 e. The van der Waals surface area contributed by atoms with Crippen molar-refractivity contribution in [1.29, 1.82) is 0 Å². The van der Waals surface area contributed by atoms with E-state index in [2.05, 4.69) is 4.98 Å². The van der Waals surface area contributed by atoms with Gasteiger partial charge in [0, 0.05) is 42.5 Å². The molecule has 0 amide bonds. The Balaban J connectivity index is 2.10. The zero-order chi connectivity index (χ0) is 24.9. The average Bonchev–Trinajstić information content (AvgIpc) is 3.20. The summed E-state index contributed by atoms with van der Waals surface area (Å²) < 4.78 is 16.5. The predicted molar refractivity (Wildman–Crippen MR) is 130 cm³/mol. The Hall–Kier alpha value is -3.73. The van der Waals surface area contributed by atoms with E-state index >= 15 is 0 Å². The minimum absolute atomic E-state index is 0.0338. The van der Waals surface area contributed by atoms with Crippen molar-refractivity contribution in [3.63, 3.8) is 0 Å². The second kappa shape index (κ2) is 8.56. The van der Waals surface area contributed by atoms with Gasteiger partial charge in [-0.1, -0.05) is 23.8 Å². The fourth-order valence-electron chi connectivity index (χ4n) is 3.85. The lowest BCUT2D eigenvalue weighted by Crippen LogP contribution is -2.38. The molecule has 3 heterocycles. The molecule has 178 valence electrons. The van der Waals surface area contributed by atoms with Gasteiger partial charge >= 0.3 is 5.69 Å². The Labute approximate surface area is 196 Å². The van der Waals surface area contributed by atoms with Crippen LogP contribution in [0.4, 0.5) is 0 Å². The zero-order valence-electron chi connectivity index (χ0n) is 19.5. The highest BCUT2D eigenvalue weighted by molar-refractivity contribution is 7.84. The molecule has 4 rings (SSSR count). The molecule has 4 aromatic rings. The van der Waals surface area contributed by atoms with Gasteiger partial charge in [-0.2, -0.15) is 4.98 Å². The number of allylic oxidation sites excluding steroid dienone is 2. The molecule has 0 aliphatic carbocycles. The smallest absolute Gasteiger partial charge is 0.332 e. The lowest BCUT2D eigenvalue weighted by Gasteiger charge is -2.14. The number of hydrogen-bond donors (Lipinski definition) is 1. The molecular formula is C23H25N5O5S. The molecule has 34 heavy (non-hydrogen) atoms. The van der Waals surface area contributed by atoms with Crippen molar-refractivity contribution in [3.05, 3.63) is 78.2 Å². The minimum atomic E-state index is -1.13. The quantitative estimate of drug-likeness (QED) is 0.424. The Morgan fingerprint density at radius 2 is 1.71 bits per heavy atom. The van der Waals surface area contributed by atoms with Crippen LogP contribution >= 0.6 is 0 Å². The monoisotopic (exact) mass is 483 g/mol. The molecule has 10 nitrogen and oxygen atoms in total. The van der Waals surface area contributed by atoms with Crippen molar-refractivity contribution in [3.8, 4) is 5.88 Å². The summed E-state index contributed by atoms with van der Waals surface area (Å²) in [6, 6.07) is 7.01. The second-order valence-electron chi connectivity index (χ2n) is 8.40. The molecule has 1 aromatic carbocycles. The molecule has 1 atom stereocenters. The fourth-order valence-corrected chi connectivity index (χ4v) is 4.36. The standard InChI is InChI=1S/C23H25N5O5S/c1-13(2)6-11-16-19(29)27(12-14-7-9-15(10-8-14)34(5)33)22-24-18-17(28(22)20(16)30)21(31)26(4)23(32)25(18)3/h6-10,29H,11-12H2,1-5H3. The molecule has 3 aromatic heterocycles. The normalized spacial score (nSPS) is 12.4. The van der Waals surface area contributed by atoms with Crippen molar-refractivity contribution in [2.75, 3.05) is 6.26 Å². The summed E-state index contributed by atoms with van der Waals surface area (Å²) in [4.78, 5) is 44.0. The van der Waals surface area contributed by atoms with Crippen LogP contribution in [0.25, 0.3) is 16.9 Å². The Morgan fingerprint density at radius 1 is 1.06 bits per heavy atom. The number of aromatic nitrogens is 5. The molecule has 1 N–H and O–H groups in total. The summed E-state index contributed by atoms with van der Waals surface area (Å²) in [7, 11) is 1.68. The van der Waals surface area contributed by atoms with Crippen LogP contribution in [-0.4, -0.2) is 38.7 Å². The number of aryl methyl sites for hydroxylation is 1. The summed E-state index contributed by atoms with van der Waals surface area (Å²) in [6.45, 7) is 3.89. The first-order chi connectivity index (χ1) is 16.0. The average molecular weight is 484 g/mol. The van der Waals surface area contributed by atoms with E-state index in [4.69, 9.17) is 0 Å². The first-order valence-corrected chi connectivity index (χ1v) is 12.1. The van der Waals surface area contributed by atoms with E-state index in [0.29, 0.717) is 4.90 Å². The third-order valence-corrected chi connectivity index (χ3v) is 6.71. The van der Waals surface area contributed by atoms with Crippen molar-refractivity contribution in [2.45, 2.75) is 31.7 Å². The largest absolute Gasteiger partial charge is 0.494 e. The number of rotatable bonds is 5. The SMILES string of the molecule is CC(C)=CCc1c(O)n(Cc2ccc(S(C)=O)cc2)c2nc3c(c(=O)n(C)c(=O)n3C)n2c1=O. The van der Waals surface area contributed by atoms with E-state index in [1.165, 1.54) is 27.6 Å². The van der Waals surface area contributed by atoms with Crippen LogP contribution in [0.15, 0.2) is 55.2 Å². The van der Waals surface area contributed by atoms with E-state index in [0.717, 1.165) is 15.7 Å². The number of nitrogens with zero attached hydrogens (tertiary/aromatic N) is 5. The number of imidazole rings is 1.